The van der Waals surface area contributed by atoms with Crippen LogP contribution in [0.4, 0.5) is 26.3 Å². The number of carbonyl (C=O) groups excluding carboxylic acids is 1. The largest absolute Gasteiger partial charge is 0.407 e. The quantitative estimate of drug-likeness (QED) is 0.330. The Balaban J connectivity index is 2.35. The van der Waals surface area contributed by atoms with E-state index >= 15 is 0 Å². The summed E-state index contributed by atoms with van der Waals surface area (Å²) in [7, 11) is 0. The van der Waals surface area contributed by atoms with Crippen LogP contribution < -0.4 is 10.6 Å². The molecule has 1 aromatic carbocycles. The SMILES string of the molecule is C=CC=C(CC)CC(F)(F)CC(NC(c1ccc(F)cc1)C(F)(F)F)C(=O)NC1(C#N)CC1. The summed E-state index contributed by atoms with van der Waals surface area (Å²) in [5.41, 5.74) is -1.38. The summed E-state index contributed by atoms with van der Waals surface area (Å²) in [6.07, 6.45) is -3.42. The number of amides is 1. The molecule has 0 aromatic heterocycles. The third-order valence-electron chi connectivity index (χ3n) is 5.34. The maximum Gasteiger partial charge on any atom is 0.407 e. The van der Waals surface area contributed by atoms with Crippen LogP contribution in [-0.4, -0.2) is 29.6 Å². The van der Waals surface area contributed by atoms with Crippen molar-refractivity contribution in [1.29, 1.82) is 5.26 Å². The number of rotatable bonds is 11. The third kappa shape index (κ3) is 7.63. The minimum Gasteiger partial charge on any atom is -0.336 e. The van der Waals surface area contributed by atoms with Gasteiger partial charge in [-0.1, -0.05) is 43.4 Å². The zero-order valence-corrected chi connectivity index (χ0v) is 18.0. The van der Waals surface area contributed by atoms with Gasteiger partial charge in [-0.25, -0.2) is 13.2 Å². The van der Waals surface area contributed by atoms with E-state index in [9.17, 15) is 36.4 Å². The van der Waals surface area contributed by atoms with E-state index in [1.807, 2.05) is 11.4 Å². The molecule has 33 heavy (non-hydrogen) atoms. The molecule has 2 atom stereocenters. The summed E-state index contributed by atoms with van der Waals surface area (Å²) in [5, 5.41) is 13.5. The molecule has 0 heterocycles. The molecule has 2 N–H and O–H groups in total. The van der Waals surface area contributed by atoms with Crippen molar-refractivity contribution in [3.8, 4) is 6.07 Å². The van der Waals surface area contributed by atoms with Crippen molar-refractivity contribution >= 4 is 5.91 Å². The van der Waals surface area contributed by atoms with Gasteiger partial charge in [-0.2, -0.15) is 18.4 Å². The second-order valence-electron chi connectivity index (χ2n) is 8.08. The Morgan fingerprint density at radius 2 is 1.85 bits per heavy atom. The molecule has 0 spiro atoms. The number of hydrogen-bond acceptors (Lipinski definition) is 3. The third-order valence-corrected chi connectivity index (χ3v) is 5.34. The number of allylic oxidation sites excluding steroid dienone is 3. The van der Waals surface area contributed by atoms with Gasteiger partial charge in [0, 0.05) is 12.8 Å². The second kappa shape index (κ2) is 10.4. The Bertz CT molecular complexity index is 914. The van der Waals surface area contributed by atoms with Crippen LogP contribution in [0, 0.1) is 17.1 Å². The monoisotopic (exact) mass is 473 g/mol. The summed E-state index contributed by atoms with van der Waals surface area (Å²) in [6, 6.07) is 0.729. The summed E-state index contributed by atoms with van der Waals surface area (Å²) in [4.78, 5) is 12.7. The molecule has 180 valence electrons. The molecule has 1 aromatic rings. The molecular formula is C23H25F6N3O. The Labute approximate surface area is 188 Å². The number of carbonyl (C=O) groups is 1. The molecule has 1 fully saturated rings. The number of alkyl halides is 5. The highest BCUT2D eigenvalue weighted by molar-refractivity contribution is 5.83. The average molecular weight is 473 g/mol. The lowest BCUT2D eigenvalue weighted by atomic mass is 9.96. The van der Waals surface area contributed by atoms with Crippen LogP contribution in [0.15, 0.2) is 48.6 Å². The number of nitriles is 1. The smallest absolute Gasteiger partial charge is 0.336 e. The fourth-order valence-electron chi connectivity index (χ4n) is 3.35. The van der Waals surface area contributed by atoms with E-state index in [4.69, 9.17) is 0 Å². The van der Waals surface area contributed by atoms with E-state index in [0.29, 0.717) is 5.57 Å². The standard InChI is InChI=1S/C23H25F6N3O/c1-3-5-15(4-2)12-22(25,26)13-18(20(33)32-21(14-30)10-11-21)31-19(23(27,28)29)16-6-8-17(24)9-7-16/h3,5-9,18-19,31H,1,4,10-13H2,2H3,(H,32,33). The topological polar surface area (TPSA) is 64.9 Å². The Morgan fingerprint density at radius 1 is 1.24 bits per heavy atom. The van der Waals surface area contributed by atoms with Crippen LogP contribution in [0.25, 0.3) is 0 Å². The van der Waals surface area contributed by atoms with E-state index in [-0.39, 0.29) is 19.3 Å². The van der Waals surface area contributed by atoms with Gasteiger partial charge in [0.2, 0.25) is 5.91 Å². The Kier molecular flexibility index (Phi) is 8.36. The maximum absolute atomic E-state index is 14.8. The predicted molar refractivity (Wildman–Crippen MR) is 111 cm³/mol. The molecule has 0 aliphatic heterocycles. The van der Waals surface area contributed by atoms with Gasteiger partial charge in [0.1, 0.15) is 17.4 Å². The molecule has 2 rings (SSSR count). The molecular weight excluding hydrogens is 448 g/mol. The Morgan fingerprint density at radius 3 is 2.30 bits per heavy atom. The molecule has 1 saturated carbocycles. The second-order valence-corrected chi connectivity index (χ2v) is 8.08. The molecule has 1 amide bonds. The predicted octanol–water partition coefficient (Wildman–Crippen LogP) is 5.50. The van der Waals surface area contributed by atoms with E-state index in [1.165, 1.54) is 12.2 Å². The highest BCUT2D eigenvalue weighted by atomic mass is 19.4. The Hall–Kier alpha value is -2.80. The van der Waals surface area contributed by atoms with Crippen molar-refractivity contribution < 1.29 is 31.1 Å². The summed E-state index contributed by atoms with van der Waals surface area (Å²) >= 11 is 0. The number of nitrogens with zero attached hydrogens (tertiary/aromatic N) is 1. The fraction of sp³-hybridized carbons (Fsp3) is 0.478. The van der Waals surface area contributed by atoms with Crippen LogP contribution in [0.3, 0.4) is 0 Å². The van der Waals surface area contributed by atoms with Gasteiger partial charge in [0.05, 0.1) is 12.1 Å². The minimum absolute atomic E-state index is 0.268. The van der Waals surface area contributed by atoms with Gasteiger partial charge in [-0.05, 0) is 37.0 Å². The summed E-state index contributed by atoms with van der Waals surface area (Å²) < 4.78 is 84.3. The lowest BCUT2D eigenvalue weighted by Crippen LogP contribution is -2.53. The molecule has 0 saturated heterocycles. The van der Waals surface area contributed by atoms with E-state index in [2.05, 4.69) is 11.9 Å². The van der Waals surface area contributed by atoms with Crippen molar-refractivity contribution in [1.82, 2.24) is 10.6 Å². The molecule has 1 aliphatic carbocycles. The highest BCUT2D eigenvalue weighted by Gasteiger charge is 2.49. The lowest BCUT2D eigenvalue weighted by molar-refractivity contribution is -0.163. The molecule has 4 nitrogen and oxygen atoms in total. The lowest BCUT2D eigenvalue weighted by Gasteiger charge is -2.30. The first kappa shape index (κ1) is 26.5. The van der Waals surface area contributed by atoms with Crippen molar-refractivity contribution in [2.45, 2.75) is 68.7 Å². The van der Waals surface area contributed by atoms with Gasteiger partial charge in [0.25, 0.3) is 5.92 Å². The first-order valence-corrected chi connectivity index (χ1v) is 10.3. The number of benzene rings is 1. The number of hydrogen-bond donors (Lipinski definition) is 2. The number of halogens is 6. The van der Waals surface area contributed by atoms with E-state index < -0.39 is 59.9 Å². The van der Waals surface area contributed by atoms with Gasteiger partial charge >= 0.3 is 6.18 Å². The molecule has 10 heteroatoms. The zero-order chi connectivity index (χ0) is 24.9. The molecule has 0 radical (unpaired) electrons. The first-order chi connectivity index (χ1) is 15.3. The highest BCUT2D eigenvalue weighted by Crippen LogP contribution is 2.37. The van der Waals surface area contributed by atoms with Crippen LogP contribution in [0.1, 0.15) is 50.6 Å². The van der Waals surface area contributed by atoms with E-state index in [0.717, 1.165) is 24.3 Å². The van der Waals surface area contributed by atoms with Crippen molar-refractivity contribution in [2.24, 2.45) is 0 Å². The van der Waals surface area contributed by atoms with Crippen molar-refractivity contribution in [3.63, 3.8) is 0 Å². The van der Waals surface area contributed by atoms with Gasteiger partial charge < -0.3 is 5.32 Å². The fourth-order valence-corrected chi connectivity index (χ4v) is 3.35. The van der Waals surface area contributed by atoms with Crippen molar-refractivity contribution in [2.75, 3.05) is 0 Å². The van der Waals surface area contributed by atoms with E-state index in [1.54, 1.807) is 6.92 Å². The van der Waals surface area contributed by atoms with Crippen LogP contribution in [0.5, 0.6) is 0 Å². The van der Waals surface area contributed by atoms with Gasteiger partial charge in [-0.15, -0.1) is 0 Å². The van der Waals surface area contributed by atoms with Crippen LogP contribution >= 0.6 is 0 Å². The number of nitrogens with one attached hydrogen (secondary N) is 2. The van der Waals surface area contributed by atoms with Crippen LogP contribution in [0.2, 0.25) is 0 Å². The van der Waals surface area contributed by atoms with Gasteiger partial charge in [-0.3, -0.25) is 10.1 Å². The van der Waals surface area contributed by atoms with Crippen LogP contribution in [-0.2, 0) is 4.79 Å². The minimum atomic E-state index is -4.96. The average Bonchev–Trinajstić information content (AvgIpc) is 3.50. The van der Waals surface area contributed by atoms with Gasteiger partial charge in [0.15, 0.2) is 0 Å². The first-order valence-electron chi connectivity index (χ1n) is 10.3. The molecule has 1 aliphatic rings. The normalized spacial score (nSPS) is 17.6. The maximum atomic E-state index is 14.8. The zero-order valence-electron chi connectivity index (χ0n) is 18.0. The van der Waals surface area contributed by atoms with Crippen molar-refractivity contribution in [3.05, 3.63) is 60.0 Å². The summed E-state index contributed by atoms with van der Waals surface area (Å²) in [5.74, 6) is -5.43. The summed E-state index contributed by atoms with van der Waals surface area (Å²) in [6.45, 7) is 5.10. The molecule has 2 unspecified atom stereocenters. The molecule has 0 bridgehead atoms.